The van der Waals surface area contributed by atoms with Gasteiger partial charge in [-0.2, -0.15) is 0 Å². The molecule has 0 unspecified atom stereocenters. The highest BCUT2D eigenvalue weighted by atomic mass is 16.6. The van der Waals surface area contributed by atoms with Crippen molar-refractivity contribution >= 4 is 29.0 Å². The lowest BCUT2D eigenvalue weighted by atomic mass is 10.2. The maximum atomic E-state index is 12.1. The Labute approximate surface area is 153 Å². The molecule has 10 heteroatoms. The quantitative estimate of drug-likeness (QED) is 0.524. The number of nitrogens with one attached hydrogen (secondary N) is 3. The summed E-state index contributed by atoms with van der Waals surface area (Å²) in [7, 11) is 0. The summed E-state index contributed by atoms with van der Waals surface area (Å²) in [4.78, 5) is 45.6. The van der Waals surface area contributed by atoms with Gasteiger partial charge in [-0.05, 0) is 37.1 Å². The lowest BCUT2D eigenvalue weighted by molar-refractivity contribution is -0.385. The van der Waals surface area contributed by atoms with E-state index < -0.39 is 16.4 Å². The number of hydrogen-bond acceptors (Lipinski definition) is 5. The molecule has 0 spiro atoms. The van der Waals surface area contributed by atoms with Gasteiger partial charge >= 0.3 is 6.03 Å². The summed E-state index contributed by atoms with van der Waals surface area (Å²) in [5.74, 6) is -0.509. The molecule has 3 N–H and O–H groups in total. The van der Waals surface area contributed by atoms with Crippen molar-refractivity contribution in [3.63, 3.8) is 0 Å². The number of aromatic nitrogens is 1. The van der Waals surface area contributed by atoms with Crippen LogP contribution in [0.1, 0.15) is 12.8 Å². The van der Waals surface area contributed by atoms with Gasteiger partial charge in [-0.3, -0.25) is 24.3 Å². The first-order valence-corrected chi connectivity index (χ1v) is 8.23. The first-order valence-electron chi connectivity index (χ1n) is 8.23. The van der Waals surface area contributed by atoms with Gasteiger partial charge in [-0.25, -0.2) is 4.79 Å². The molecule has 27 heavy (non-hydrogen) atoms. The lowest BCUT2D eigenvalue weighted by Crippen LogP contribution is -2.30. The smallest absolute Gasteiger partial charge is 0.319 e. The number of hydrogen-bond donors (Lipinski definition) is 3. The van der Waals surface area contributed by atoms with Gasteiger partial charge in [0.05, 0.1) is 11.1 Å². The Hall–Kier alpha value is -3.69. The first-order chi connectivity index (χ1) is 12.9. The molecule has 1 heterocycles. The third-order valence-electron chi connectivity index (χ3n) is 3.83. The maximum Gasteiger partial charge on any atom is 0.319 e. The van der Waals surface area contributed by atoms with Crippen molar-refractivity contribution in [2.45, 2.75) is 25.4 Å². The van der Waals surface area contributed by atoms with Crippen molar-refractivity contribution < 1.29 is 14.5 Å². The third kappa shape index (κ3) is 5.14. The second-order valence-electron chi connectivity index (χ2n) is 6.11. The van der Waals surface area contributed by atoms with Crippen LogP contribution in [0.5, 0.6) is 0 Å². The number of anilines is 2. The molecule has 0 radical (unpaired) electrons. The van der Waals surface area contributed by atoms with Crippen LogP contribution in [-0.2, 0) is 11.3 Å². The standard InChI is InChI=1S/C17H17N5O5/c23-15(10-21-9-14(22(26)27)7-8-16(21)24)18-11-1-3-12(4-2-11)19-17(25)20-13-5-6-13/h1-4,7-9,13H,5-6,10H2,(H,18,23)(H2,19,20,25). The van der Waals surface area contributed by atoms with Crippen molar-refractivity contribution in [2.75, 3.05) is 10.6 Å². The van der Waals surface area contributed by atoms with Gasteiger partial charge in [0, 0.05) is 29.5 Å². The van der Waals surface area contributed by atoms with E-state index in [-0.39, 0.29) is 24.3 Å². The second kappa shape index (κ2) is 7.68. The minimum atomic E-state index is -0.640. The van der Waals surface area contributed by atoms with E-state index in [0.717, 1.165) is 35.7 Å². The average molecular weight is 371 g/mol. The zero-order chi connectivity index (χ0) is 19.4. The fraction of sp³-hybridized carbons (Fsp3) is 0.235. The molecular formula is C17H17N5O5. The number of pyridine rings is 1. The monoisotopic (exact) mass is 371 g/mol. The zero-order valence-corrected chi connectivity index (χ0v) is 14.2. The molecule has 0 atom stereocenters. The molecule has 1 aliphatic carbocycles. The minimum Gasteiger partial charge on any atom is -0.335 e. The van der Waals surface area contributed by atoms with E-state index in [2.05, 4.69) is 16.0 Å². The fourth-order valence-corrected chi connectivity index (χ4v) is 2.32. The van der Waals surface area contributed by atoms with Crippen LogP contribution in [0.2, 0.25) is 0 Å². The molecule has 1 saturated carbocycles. The van der Waals surface area contributed by atoms with Crippen LogP contribution in [-0.4, -0.2) is 27.5 Å². The summed E-state index contributed by atoms with van der Waals surface area (Å²) in [6.07, 6.45) is 3.01. The predicted octanol–water partition coefficient (Wildman–Crippen LogP) is 1.68. The number of urea groups is 1. The Kier molecular flexibility index (Phi) is 5.15. The fourth-order valence-electron chi connectivity index (χ4n) is 2.32. The van der Waals surface area contributed by atoms with Crippen LogP contribution in [0, 0.1) is 10.1 Å². The number of nitrogens with zero attached hydrogens (tertiary/aromatic N) is 2. The highest BCUT2D eigenvalue weighted by molar-refractivity contribution is 5.92. The molecule has 1 fully saturated rings. The second-order valence-corrected chi connectivity index (χ2v) is 6.11. The first kappa shape index (κ1) is 18.1. The van der Waals surface area contributed by atoms with Crippen molar-refractivity contribution in [3.8, 4) is 0 Å². The molecule has 1 aromatic heterocycles. The summed E-state index contributed by atoms with van der Waals surface area (Å²) in [5, 5.41) is 18.8. The molecule has 0 saturated heterocycles. The van der Waals surface area contributed by atoms with E-state index in [9.17, 15) is 24.5 Å². The average Bonchev–Trinajstić information content (AvgIpc) is 3.42. The van der Waals surface area contributed by atoms with Crippen LogP contribution in [0.4, 0.5) is 21.9 Å². The van der Waals surface area contributed by atoms with Crippen LogP contribution < -0.4 is 21.5 Å². The van der Waals surface area contributed by atoms with Crippen molar-refractivity contribution in [1.29, 1.82) is 0 Å². The SMILES string of the molecule is O=C(Cn1cc([N+](=O)[O-])ccc1=O)Nc1ccc(NC(=O)NC2CC2)cc1. The third-order valence-corrected chi connectivity index (χ3v) is 3.83. The highest BCUT2D eigenvalue weighted by Gasteiger charge is 2.23. The number of amides is 3. The minimum absolute atomic E-state index is 0.251. The van der Waals surface area contributed by atoms with Crippen molar-refractivity contribution in [1.82, 2.24) is 9.88 Å². The van der Waals surface area contributed by atoms with Gasteiger partial charge < -0.3 is 16.0 Å². The summed E-state index contributed by atoms with van der Waals surface area (Å²) in [6, 6.07) is 8.55. The van der Waals surface area contributed by atoms with Gasteiger partial charge in [-0.1, -0.05) is 0 Å². The van der Waals surface area contributed by atoms with E-state index in [1.165, 1.54) is 0 Å². The van der Waals surface area contributed by atoms with E-state index in [1.807, 2.05) is 0 Å². The molecule has 140 valence electrons. The molecule has 2 aromatic rings. The summed E-state index contributed by atoms with van der Waals surface area (Å²) < 4.78 is 0.964. The van der Waals surface area contributed by atoms with Gasteiger partial charge in [0.1, 0.15) is 6.54 Å². The maximum absolute atomic E-state index is 12.1. The number of carbonyl (C=O) groups is 2. The van der Waals surface area contributed by atoms with Crippen LogP contribution in [0.15, 0.2) is 47.4 Å². The Balaban J connectivity index is 1.57. The van der Waals surface area contributed by atoms with E-state index in [0.29, 0.717) is 11.4 Å². The molecule has 0 bridgehead atoms. The Morgan fingerprint density at radius 3 is 2.30 bits per heavy atom. The molecular weight excluding hydrogens is 354 g/mol. The van der Waals surface area contributed by atoms with Crippen LogP contribution in [0.25, 0.3) is 0 Å². The predicted molar refractivity (Wildman–Crippen MR) is 97.6 cm³/mol. The van der Waals surface area contributed by atoms with Gasteiger partial charge in [0.15, 0.2) is 0 Å². The molecule has 0 aliphatic heterocycles. The Morgan fingerprint density at radius 1 is 1.07 bits per heavy atom. The van der Waals surface area contributed by atoms with Gasteiger partial charge in [0.2, 0.25) is 5.91 Å². The van der Waals surface area contributed by atoms with E-state index in [4.69, 9.17) is 0 Å². The van der Waals surface area contributed by atoms with Crippen LogP contribution >= 0.6 is 0 Å². The Morgan fingerprint density at radius 2 is 1.70 bits per heavy atom. The van der Waals surface area contributed by atoms with Crippen LogP contribution in [0.3, 0.4) is 0 Å². The lowest BCUT2D eigenvalue weighted by Gasteiger charge is -2.09. The number of carbonyl (C=O) groups excluding carboxylic acids is 2. The number of nitro groups is 1. The highest BCUT2D eigenvalue weighted by Crippen LogP contribution is 2.19. The summed E-state index contributed by atoms with van der Waals surface area (Å²) in [6.45, 7) is -0.357. The largest absolute Gasteiger partial charge is 0.335 e. The molecule has 10 nitrogen and oxygen atoms in total. The van der Waals surface area contributed by atoms with Crippen molar-refractivity contribution in [3.05, 3.63) is 63.1 Å². The molecule has 1 aromatic carbocycles. The topological polar surface area (TPSA) is 135 Å². The molecule has 3 amide bonds. The van der Waals surface area contributed by atoms with E-state index >= 15 is 0 Å². The zero-order valence-electron chi connectivity index (χ0n) is 14.2. The summed E-state index contributed by atoms with van der Waals surface area (Å²) in [5.41, 5.74) is 0.243. The summed E-state index contributed by atoms with van der Waals surface area (Å²) >= 11 is 0. The Bertz CT molecular complexity index is 933. The number of rotatable bonds is 6. The normalized spacial score (nSPS) is 12.9. The molecule has 3 rings (SSSR count). The van der Waals surface area contributed by atoms with E-state index in [1.54, 1.807) is 24.3 Å². The molecule has 1 aliphatic rings. The van der Waals surface area contributed by atoms with Gasteiger partial charge in [-0.15, -0.1) is 0 Å². The van der Waals surface area contributed by atoms with Gasteiger partial charge in [0.25, 0.3) is 11.2 Å². The number of benzene rings is 1. The van der Waals surface area contributed by atoms with Crippen molar-refractivity contribution in [2.24, 2.45) is 0 Å².